The van der Waals surface area contributed by atoms with Crippen molar-refractivity contribution in [2.24, 2.45) is 0 Å². The molecule has 0 radical (unpaired) electrons. The summed E-state index contributed by atoms with van der Waals surface area (Å²) >= 11 is 0. The number of nitrogens with zero attached hydrogens (tertiary/aromatic N) is 1. The third kappa shape index (κ3) is 1.65. The van der Waals surface area contributed by atoms with Crippen LogP contribution in [0.2, 0.25) is 0 Å². The Morgan fingerprint density at radius 1 is 1.29 bits per heavy atom. The molecule has 0 bridgehead atoms. The van der Waals surface area contributed by atoms with Crippen LogP contribution in [0.25, 0.3) is 10.9 Å². The van der Waals surface area contributed by atoms with E-state index in [-0.39, 0.29) is 19.1 Å². The van der Waals surface area contributed by atoms with E-state index >= 15 is 0 Å². The first-order valence-corrected chi connectivity index (χ1v) is 5.27. The highest BCUT2D eigenvalue weighted by Gasteiger charge is 2.30. The van der Waals surface area contributed by atoms with Gasteiger partial charge < -0.3 is 9.72 Å². The fraction of sp³-hybridized carbons (Fsp3) is 0.167. The SMILES string of the molecule is O=C1COC(=O)N1Cc1ccc2[nH]ccc2c1. The minimum atomic E-state index is -0.566. The predicted octanol–water partition coefficient (Wildman–Crippen LogP) is 1.65. The van der Waals surface area contributed by atoms with E-state index in [1.165, 1.54) is 0 Å². The van der Waals surface area contributed by atoms with Crippen LogP contribution in [0.5, 0.6) is 0 Å². The number of nitrogens with one attached hydrogen (secondary N) is 1. The van der Waals surface area contributed by atoms with E-state index in [9.17, 15) is 9.59 Å². The molecule has 0 atom stereocenters. The van der Waals surface area contributed by atoms with Crippen molar-refractivity contribution in [3.8, 4) is 0 Å². The summed E-state index contributed by atoms with van der Waals surface area (Å²) < 4.78 is 4.65. The van der Waals surface area contributed by atoms with E-state index in [2.05, 4.69) is 9.72 Å². The smallest absolute Gasteiger partial charge is 0.417 e. The quantitative estimate of drug-likeness (QED) is 0.853. The predicted molar refractivity (Wildman–Crippen MR) is 60.2 cm³/mol. The zero-order chi connectivity index (χ0) is 11.8. The number of carbonyl (C=O) groups is 2. The maximum absolute atomic E-state index is 11.4. The number of H-pyrrole nitrogens is 1. The summed E-state index contributed by atoms with van der Waals surface area (Å²) in [4.78, 5) is 26.9. The third-order valence-electron chi connectivity index (χ3n) is 2.80. The summed E-state index contributed by atoms with van der Waals surface area (Å²) in [5.74, 6) is -0.288. The first-order chi connectivity index (χ1) is 8.24. The van der Waals surface area contributed by atoms with Crippen molar-refractivity contribution in [3.05, 3.63) is 36.0 Å². The van der Waals surface area contributed by atoms with Crippen molar-refractivity contribution in [2.75, 3.05) is 6.61 Å². The Kier molecular flexibility index (Phi) is 2.11. The molecule has 2 aromatic rings. The van der Waals surface area contributed by atoms with E-state index in [0.29, 0.717) is 0 Å². The highest BCUT2D eigenvalue weighted by molar-refractivity contribution is 5.97. The normalized spacial score (nSPS) is 15.6. The molecule has 1 N–H and O–H groups in total. The largest absolute Gasteiger partial charge is 0.439 e. The lowest BCUT2D eigenvalue weighted by molar-refractivity contribution is -0.126. The second kappa shape index (κ2) is 3.62. The number of hydrogen-bond acceptors (Lipinski definition) is 3. The molecular weight excluding hydrogens is 220 g/mol. The van der Waals surface area contributed by atoms with E-state index in [1.54, 1.807) is 0 Å². The molecule has 0 aliphatic carbocycles. The number of ether oxygens (including phenoxy) is 1. The number of benzene rings is 1. The van der Waals surface area contributed by atoms with Crippen LogP contribution in [-0.2, 0) is 16.1 Å². The maximum atomic E-state index is 11.4. The van der Waals surface area contributed by atoms with Crippen LogP contribution in [0.4, 0.5) is 4.79 Å². The number of carbonyl (C=O) groups excluding carboxylic acids is 2. The molecule has 17 heavy (non-hydrogen) atoms. The molecule has 5 nitrogen and oxygen atoms in total. The van der Waals surface area contributed by atoms with Gasteiger partial charge in [-0.2, -0.15) is 0 Å². The van der Waals surface area contributed by atoms with Gasteiger partial charge in [-0.1, -0.05) is 6.07 Å². The molecule has 0 saturated carbocycles. The van der Waals surface area contributed by atoms with Gasteiger partial charge in [-0.05, 0) is 29.1 Å². The Labute approximate surface area is 97.0 Å². The summed E-state index contributed by atoms with van der Waals surface area (Å²) in [5, 5.41) is 1.06. The van der Waals surface area contributed by atoms with Crippen LogP contribution in [0.1, 0.15) is 5.56 Å². The summed E-state index contributed by atoms with van der Waals surface area (Å²) in [7, 11) is 0. The van der Waals surface area contributed by atoms with Crippen LogP contribution < -0.4 is 0 Å². The molecule has 86 valence electrons. The topological polar surface area (TPSA) is 62.4 Å². The lowest BCUT2D eigenvalue weighted by Crippen LogP contribution is -2.28. The molecule has 1 aromatic heterocycles. The number of fused-ring (bicyclic) bond motifs is 1. The van der Waals surface area contributed by atoms with Crippen molar-refractivity contribution < 1.29 is 14.3 Å². The van der Waals surface area contributed by atoms with Gasteiger partial charge >= 0.3 is 6.09 Å². The highest BCUT2D eigenvalue weighted by atomic mass is 16.6. The van der Waals surface area contributed by atoms with Crippen molar-refractivity contribution in [1.29, 1.82) is 0 Å². The average molecular weight is 230 g/mol. The van der Waals surface area contributed by atoms with Crippen LogP contribution in [-0.4, -0.2) is 28.5 Å². The minimum Gasteiger partial charge on any atom is -0.439 e. The summed E-state index contributed by atoms with van der Waals surface area (Å²) in [6, 6.07) is 7.71. The second-order valence-corrected chi connectivity index (χ2v) is 3.93. The lowest BCUT2D eigenvalue weighted by Gasteiger charge is -2.10. The van der Waals surface area contributed by atoms with Gasteiger partial charge in [0, 0.05) is 11.7 Å². The van der Waals surface area contributed by atoms with Gasteiger partial charge in [-0.15, -0.1) is 0 Å². The average Bonchev–Trinajstić information content (AvgIpc) is 2.90. The Balaban J connectivity index is 1.89. The molecule has 2 heterocycles. The Morgan fingerprint density at radius 2 is 2.18 bits per heavy atom. The van der Waals surface area contributed by atoms with Crippen LogP contribution in [0.3, 0.4) is 0 Å². The highest BCUT2D eigenvalue weighted by Crippen LogP contribution is 2.17. The molecule has 1 aliphatic rings. The molecule has 1 saturated heterocycles. The third-order valence-corrected chi connectivity index (χ3v) is 2.80. The van der Waals surface area contributed by atoms with Gasteiger partial charge in [-0.3, -0.25) is 4.79 Å². The number of hydrogen-bond donors (Lipinski definition) is 1. The van der Waals surface area contributed by atoms with Gasteiger partial charge in [0.25, 0.3) is 5.91 Å². The summed E-state index contributed by atoms with van der Waals surface area (Å²) in [6.45, 7) is 0.115. The molecule has 2 amide bonds. The number of cyclic esters (lactones) is 1. The molecule has 0 spiro atoms. The van der Waals surface area contributed by atoms with E-state index in [4.69, 9.17) is 0 Å². The van der Waals surface area contributed by atoms with Gasteiger partial charge in [0.1, 0.15) is 0 Å². The van der Waals surface area contributed by atoms with Crippen molar-refractivity contribution in [3.63, 3.8) is 0 Å². The molecule has 5 heteroatoms. The first kappa shape index (κ1) is 9.89. The summed E-state index contributed by atoms with van der Waals surface area (Å²) in [6.07, 6.45) is 1.29. The van der Waals surface area contributed by atoms with Gasteiger partial charge in [0.05, 0.1) is 6.54 Å². The maximum Gasteiger partial charge on any atom is 0.417 e. The Hall–Kier alpha value is -2.30. The fourth-order valence-corrected chi connectivity index (χ4v) is 1.92. The number of rotatable bonds is 2. The number of imide groups is 1. The monoisotopic (exact) mass is 230 g/mol. The first-order valence-electron chi connectivity index (χ1n) is 5.27. The van der Waals surface area contributed by atoms with Crippen LogP contribution in [0.15, 0.2) is 30.5 Å². The lowest BCUT2D eigenvalue weighted by atomic mass is 10.1. The standard InChI is InChI=1S/C12H10N2O3/c15-11-7-17-12(16)14(11)6-8-1-2-10-9(5-8)3-4-13-10/h1-5,13H,6-7H2. The van der Waals surface area contributed by atoms with E-state index in [1.807, 2.05) is 30.5 Å². The molecule has 0 unspecified atom stereocenters. The zero-order valence-electron chi connectivity index (χ0n) is 8.97. The second-order valence-electron chi connectivity index (χ2n) is 3.93. The number of amides is 2. The fourth-order valence-electron chi connectivity index (χ4n) is 1.92. The van der Waals surface area contributed by atoms with Crippen molar-refractivity contribution in [2.45, 2.75) is 6.54 Å². The molecule has 1 fully saturated rings. The van der Waals surface area contributed by atoms with Crippen LogP contribution in [0, 0.1) is 0 Å². The van der Waals surface area contributed by atoms with Gasteiger partial charge in [-0.25, -0.2) is 9.69 Å². The molecule has 3 rings (SSSR count). The zero-order valence-corrected chi connectivity index (χ0v) is 8.97. The number of aromatic nitrogens is 1. The minimum absolute atomic E-state index is 0.148. The molecule has 1 aromatic carbocycles. The number of aromatic amines is 1. The van der Waals surface area contributed by atoms with E-state index < -0.39 is 6.09 Å². The Bertz CT molecular complexity index is 587. The van der Waals surface area contributed by atoms with Gasteiger partial charge in [0.2, 0.25) is 0 Å². The van der Waals surface area contributed by atoms with E-state index in [0.717, 1.165) is 21.4 Å². The van der Waals surface area contributed by atoms with Crippen molar-refractivity contribution >= 4 is 22.9 Å². The Morgan fingerprint density at radius 3 is 2.94 bits per heavy atom. The molecule has 1 aliphatic heterocycles. The van der Waals surface area contributed by atoms with Crippen LogP contribution >= 0.6 is 0 Å². The molecular formula is C12H10N2O3. The summed E-state index contributed by atoms with van der Waals surface area (Å²) in [5.41, 5.74) is 1.94. The van der Waals surface area contributed by atoms with Gasteiger partial charge in [0.15, 0.2) is 6.61 Å². The van der Waals surface area contributed by atoms with Crippen molar-refractivity contribution in [1.82, 2.24) is 9.88 Å².